The van der Waals surface area contributed by atoms with Crippen LogP contribution in [0.3, 0.4) is 0 Å². The second kappa shape index (κ2) is 6.15. The van der Waals surface area contributed by atoms with E-state index in [0.717, 1.165) is 6.54 Å². The van der Waals surface area contributed by atoms with E-state index in [1.54, 1.807) is 0 Å². The number of hydrogen-bond acceptors (Lipinski definition) is 4. The van der Waals surface area contributed by atoms with Crippen molar-refractivity contribution < 1.29 is 0 Å². The van der Waals surface area contributed by atoms with E-state index < -0.39 is 0 Å². The summed E-state index contributed by atoms with van der Waals surface area (Å²) in [6, 6.07) is 3.22. The van der Waals surface area contributed by atoms with Crippen LogP contribution in [0.25, 0.3) is 0 Å². The fourth-order valence-electron chi connectivity index (χ4n) is 2.87. The smallest absolute Gasteiger partial charge is 0.0585 e. The summed E-state index contributed by atoms with van der Waals surface area (Å²) >= 11 is 1.88. The first-order valence-electron chi connectivity index (χ1n) is 6.73. The first kappa shape index (κ1) is 14.0. The molecule has 4 heteroatoms. The highest BCUT2D eigenvalue weighted by Gasteiger charge is 2.30. The number of aryl methyl sites for hydroxylation is 1. The topological polar surface area (TPSA) is 18.5 Å². The summed E-state index contributed by atoms with van der Waals surface area (Å²) in [5.41, 5.74) is 1.42. The lowest BCUT2D eigenvalue weighted by atomic mass is 10.0. The van der Waals surface area contributed by atoms with Gasteiger partial charge in [0.25, 0.3) is 0 Å². The van der Waals surface area contributed by atoms with Gasteiger partial charge in [0.15, 0.2) is 0 Å². The molecule has 2 rings (SSSR count). The molecule has 1 aromatic heterocycles. The standard InChI is InChI=1S/C14H25N3S/c1-11-6-9-18-14(11)13(15-2)12-10-16(3)7-5-8-17(12)4/h6,9,12-13,15H,5,7-8,10H2,1-4H3. The average molecular weight is 267 g/mol. The van der Waals surface area contributed by atoms with Crippen molar-refractivity contribution in [1.82, 2.24) is 15.1 Å². The van der Waals surface area contributed by atoms with E-state index in [-0.39, 0.29) is 0 Å². The molecule has 0 aromatic carbocycles. The van der Waals surface area contributed by atoms with Crippen molar-refractivity contribution in [2.45, 2.75) is 25.4 Å². The lowest BCUT2D eigenvalue weighted by Crippen LogP contribution is -2.46. The van der Waals surface area contributed by atoms with Gasteiger partial charge in [0, 0.05) is 17.5 Å². The van der Waals surface area contributed by atoms with Gasteiger partial charge in [0.1, 0.15) is 0 Å². The summed E-state index contributed by atoms with van der Waals surface area (Å²) in [6.45, 7) is 5.76. The predicted molar refractivity (Wildman–Crippen MR) is 79.4 cm³/mol. The van der Waals surface area contributed by atoms with Crippen LogP contribution in [0.4, 0.5) is 0 Å². The van der Waals surface area contributed by atoms with E-state index in [2.05, 4.69) is 54.6 Å². The molecule has 0 saturated carbocycles. The molecule has 102 valence electrons. The maximum atomic E-state index is 3.54. The first-order valence-corrected chi connectivity index (χ1v) is 7.61. The van der Waals surface area contributed by atoms with Crippen LogP contribution in [0.2, 0.25) is 0 Å². The quantitative estimate of drug-likeness (QED) is 0.903. The van der Waals surface area contributed by atoms with E-state index in [0.29, 0.717) is 12.1 Å². The van der Waals surface area contributed by atoms with Crippen molar-refractivity contribution in [2.75, 3.05) is 40.8 Å². The van der Waals surface area contributed by atoms with Gasteiger partial charge in [-0.1, -0.05) is 0 Å². The molecule has 18 heavy (non-hydrogen) atoms. The Morgan fingerprint density at radius 2 is 2.17 bits per heavy atom. The highest BCUT2D eigenvalue weighted by molar-refractivity contribution is 7.10. The summed E-state index contributed by atoms with van der Waals surface area (Å²) in [5, 5.41) is 5.74. The van der Waals surface area contributed by atoms with Crippen molar-refractivity contribution in [3.8, 4) is 0 Å². The number of thiophene rings is 1. The van der Waals surface area contributed by atoms with Gasteiger partial charge >= 0.3 is 0 Å². The molecule has 3 nitrogen and oxygen atoms in total. The second-order valence-corrected chi connectivity index (χ2v) is 6.35. The third kappa shape index (κ3) is 2.94. The highest BCUT2D eigenvalue weighted by atomic mass is 32.1. The van der Waals surface area contributed by atoms with E-state index >= 15 is 0 Å². The summed E-state index contributed by atoms with van der Waals surface area (Å²) in [5.74, 6) is 0. The van der Waals surface area contributed by atoms with Crippen molar-refractivity contribution in [2.24, 2.45) is 0 Å². The molecule has 1 aliphatic rings. The van der Waals surface area contributed by atoms with Crippen LogP contribution >= 0.6 is 11.3 Å². The fourth-order valence-corrected chi connectivity index (χ4v) is 3.96. The van der Waals surface area contributed by atoms with Crippen molar-refractivity contribution >= 4 is 11.3 Å². The van der Waals surface area contributed by atoms with Crippen LogP contribution < -0.4 is 5.32 Å². The van der Waals surface area contributed by atoms with Crippen molar-refractivity contribution in [3.05, 3.63) is 21.9 Å². The van der Waals surface area contributed by atoms with Gasteiger partial charge in [-0.2, -0.15) is 0 Å². The molecule has 0 spiro atoms. The van der Waals surface area contributed by atoms with E-state index in [1.807, 2.05) is 11.3 Å². The summed E-state index contributed by atoms with van der Waals surface area (Å²) < 4.78 is 0. The van der Waals surface area contributed by atoms with Gasteiger partial charge in [-0.15, -0.1) is 11.3 Å². The Labute approximate surface area is 115 Å². The molecule has 0 radical (unpaired) electrons. The number of nitrogens with one attached hydrogen (secondary N) is 1. The number of hydrogen-bond donors (Lipinski definition) is 1. The van der Waals surface area contributed by atoms with Crippen molar-refractivity contribution in [3.63, 3.8) is 0 Å². The van der Waals surface area contributed by atoms with Gasteiger partial charge in [0.2, 0.25) is 0 Å². The molecule has 1 fully saturated rings. The minimum atomic E-state index is 0.440. The number of rotatable bonds is 3. The lowest BCUT2D eigenvalue weighted by Gasteiger charge is -2.34. The molecule has 1 saturated heterocycles. The lowest BCUT2D eigenvalue weighted by molar-refractivity contribution is 0.184. The third-order valence-corrected chi connectivity index (χ3v) is 5.10. The first-order chi connectivity index (χ1) is 8.63. The summed E-state index contributed by atoms with van der Waals surface area (Å²) in [6.07, 6.45) is 1.27. The Balaban J connectivity index is 2.22. The maximum Gasteiger partial charge on any atom is 0.0585 e. The van der Waals surface area contributed by atoms with E-state index in [9.17, 15) is 0 Å². The predicted octanol–water partition coefficient (Wildman–Crippen LogP) is 1.95. The van der Waals surface area contributed by atoms with Crippen LogP contribution in [0.15, 0.2) is 11.4 Å². The van der Waals surface area contributed by atoms with Crippen LogP contribution in [0.1, 0.15) is 22.9 Å². The summed E-state index contributed by atoms with van der Waals surface area (Å²) in [7, 11) is 6.58. The van der Waals surface area contributed by atoms with Crippen molar-refractivity contribution in [1.29, 1.82) is 0 Å². The van der Waals surface area contributed by atoms with E-state index in [1.165, 1.54) is 30.0 Å². The second-order valence-electron chi connectivity index (χ2n) is 5.40. The van der Waals surface area contributed by atoms with Gasteiger partial charge in [0.05, 0.1) is 6.04 Å². The Morgan fingerprint density at radius 3 is 2.78 bits per heavy atom. The number of likely N-dealkylation sites (N-methyl/N-ethyl adjacent to an activating group) is 3. The van der Waals surface area contributed by atoms with Gasteiger partial charge < -0.3 is 15.1 Å². The monoisotopic (exact) mass is 267 g/mol. The van der Waals surface area contributed by atoms with Gasteiger partial charge in [-0.3, -0.25) is 0 Å². The Morgan fingerprint density at radius 1 is 1.39 bits per heavy atom. The van der Waals surface area contributed by atoms with Crippen LogP contribution in [-0.4, -0.2) is 56.6 Å². The van der Waals surface area contributed by atoms with Gasteiger partial charge in [-0.05, 0) is 64.6 Å². The molecule has 0 bridgehead atoms. The molecule has 0 aliphatic carbocycles. The molecule has 1 aliphatic heterocycles. The Bertz CT molecular complexity index is 377. The zero-order chi connectivity index (χ0) is 13.1. The third-order valence-electron chi connectivity index (χ3n) is 4.00. The zero-order valence-corrected chi connectivity index (χ0v) is 12.8. The molecule has 0 amide bonds. The largest absolute Gasteiger partial charge is 0.311 e. The van der Waals surface area contributed by atoms with E-state index in [4.69, 9.17) is 0 Å². The molecule has 1 N–H and O–H groups in total. The van der Waals surface area contributed by atoms with Gasteiger partial charge in [-0.25, -0.2) is 0 Å². The number of nitrogens with zero attached hydrogens (tertiary/aromatic N) is 2. The fraction of sp³-hybridized carbons (Fsp3) is 0.714. The molecule has 2 heterocycles. The molecule has 2 unspecified atom stereocenters. The molecule has 2 atom stereocenters. The normalized spacial score (nSPS) is 25.0. The Kier molecular flexibility index (Phi) is 4.78. The van der Waals surface area contributed by atoms with Crippen LogP contribution in [0.5, 0.6) is 0 Å². The SMILES string of the molecule is CNC(c1sccc1C)C1CN(C)CCCN1C. The molecular weight excluding hydrogens is 242 g/mol. The average Bonchev–Trinajstić information content (AvgIpc) is 2.67. The Hall–Kier alpha value is -0.420. The maximum absolute atomic E-state index is 3.54. The molecule has 1 aromatic rings. The zero-order valence-electron chi connectivity index (χ0n) is 11.9. The van der Waals surface area contributed by atoms with Crippen LogP contribution in [-0.2, 0) is 0 Å². The minimum absolute atomic E-state index is 0.440. The highest BCUT2D eigenvalue weighted by Crippen LogP contribution is 2.29. The molecular formula is C14H25N3S. The summed E-state index contributed by atoms with van der Waals surface area (Å²) in [4.78, 5) is 6.47. The van der Waals surface area contributed by atoms with Crippen LogP contribution in [0, 0.1) is 6.92 Å². The minimum Gasteiger partial charge on any atom is -0.311 e.